The van der Waals surface area contributed by atoms with Crippen LogP contribution in [0.15, 0.2) is 28.7 Å². The maximum atomic E-state index is 12.1. The molecule has 0 spiro atoms. The van der Waals surface area contributed by atoms with Gasteiger partial charge in [-0.05, 0) is 44.0 Å². The predicted octanol–water partition coefficient (Wildman–Crippen LogP) is 4.34. The zero-order valence-corrected chi connectivity index (χ0v) is 16.2. The van der Waals surface area contributed by atoms with Gasteiger partial charge in [0.25, 0.3) is 0 Å². The van der Waals surface area contributed by atoms with Crippen molar-refractivity contribution in [1.82, 2.24) is 10.3 Å². The van der Waals surface area contributed by atoms with Crippen LogP contribution in [0, 0.1) is 6.92 Å². The molecule has 0 radical (unpaired) electrons. The number of rotatable bonds is 7. The zero-order chi connectivity index (χ0) is 18.4. The first kappa shape index (κ1) is 18.8. The Bertz CT molecular complexity index is 721. The number of carbonyl (C=O) groups excluding carboxylic acids is 1. The fourth-order valence-electron chi connectivity index (χ4n) is 3.18. The number of aryl methyl sites for hydroxylation is 1. The quantitative estimate of drug-likeness (QED) is 0.781. The van der Waals surface area contributed by atoms with Crippen LogP contribution in [0.25, 0.3) is 11.5 Å². The third-order valence-corrected chi connectivity index (χ3v) is 5.62. The predicted molar refractivity (Wildman–Crippen MR) is 104 cm³/mol. The molecule has 0 bridgehead atoms. The minimum absolute atomic E-state index is 0.124. The lowest BCUT2D eigenvalue weighted by molar-refractivity contribution is -0.119. The van der Waals surface area contributed by atoms with Crippen molar-refractivity contribution in [2.24, 2.45) is 0 Å². The monoisotopic (exact) mass is 374 g/mol. The molecule has 1 aliphatic rings. The summed E-state index contributed by atoms with van der Waals surface area (Å²) >= 11 is 1.58. The molecule has 1 N–H and O–H groups in total. The molecule has 1 amide bonds. The molecule has 0 saturated heterocycles. The van der Waals surface area contributed by atoms with E-state index < -0.39 is 0 Å². The van der Waals surface area contributed by atoms with E-state index in [1.54, 1.807) is 18.9 Å². The molecule has 3 rings (SSSR count). The Morgan fingerprint density at radius 2 is 2.00 bits per heavy atom. The fourth-order valence-corrected chi connectivity index (χ4v) is 4.01. The van der Waals surface area contributed by atoms with Crippen LogP contribution in [0.4, 0.5) is 0 Å². The van der Waals surface area contributed by atoms with E-state index in [4.69, 9.17) is 9.15 Å². The Kier molecular flexibility index (Phi) is 6.61. The van der Waals surface area contributed by atoms with E-state index in [1.165, 1.54) is 19.3 Å². The molecule has 140 valence electrons. The van der Waals surface area contributed by atoms with E-state index >= 15 is 0 Å². The number of methoxy groups -OCH3 is 1. The van der Waals surface area contributed by atoms with Gasteiger partial charge < -0.3 is 14.5 Å². The van der Waals surface area contributed by atoms with Crippen molar-refractivity contribution in [3.8, 4) is 17.2 Å². The molecule has 1 heterocycles. The molecule has 0 atom stereocenters. The highest BCUT2D eigenvalue weighted by atomic mass is 32.2. The number of benzene rings is 1. The minimum Gasteiger partial charge on any atom is -0.497 e. The van der Waals surface area contributed by atoms with Crippen molar-refractivity contribution in [1.29, 1.82) is 0 Å². The summed E-state index contributed by atoms with van der Waals surface area (Å²) in [7, 11) is 1.64. The van der Waals surface area contributed by atoms with Gasteiger partial charge in [-0.1, -0.05) is 19.3 Å². The molecule has 1 saturated carbocycles. The van der Waals surface area contributed by atoms with E-state index in [9.17, 15) is 4.79 Å². The summed E-state index contributed by atoms with van der Waals surface area (Å²) in [6, 6.07) is 8.00. The van der Waals surface area contributed by atoms with Crippen LogP contribution in [0.2, 0.25) is 0 Å². The summed E-state index contributed by atoms with van der Waals surface area (Å²) in [4.78, 5) is 16.7. The first-order valence-corrected chi connectivity index (χ1v) is 10.3. The molecular formula is C20H26N2O3S. The van der Waals surface area contributed by atoms with Gasteiger partial charge in [0.15, 0.2) is 0 Å². The zero-order valence-electron chi connectivity index (χ0n) is 15.4. The summed E-state index contributed by atoms with van der Waals surface area (Å²) in [5.41, 5.74) is 1.81. The molecule has 1 aromatic heterocycles. The van der Waals surface area contributed by atoms with E-state index in [0.29, 0.717) is 23.4 Å². The normalized spacial score (nSPS) is 15.0. The van der Waals surface area contributed by atoms with E-state index in [2.05, 4.69) is 10.3 Å². The third-order valence-electron chi connectivity index (χ3n) is 4.67. The number of nitrogens with one attached hydrogen (secondary N) is 1. The first-order valence-electron chi connectivity index (χ1n) is 9.13. The average molecular weight is 375 g/mol. The van der Waals surface area contributed by atoms with Crippen molar-refractivity contribution in [2.75, 3.05) is 12.9 Å². The lowest BCUT2D eigenvalue weighted by atomic mass is 9.95. The number of hydrogen-bond acceptors (Lipinski definition) is 5. The highest BCUT2D eigenvalue weighted by Crippen LogP contribution is 2.26. The van der Waals surface area contributed by atoms with Gasteiger partial charge in [-0.15, -0.1) is 11.8 Å². The highest BCUT2D eigenvalue weighted by molar-refractivity contribution is 7.99. The second-order valence-corrected chi connectivity index (χ2v) is 7.63. The third kappa shape index (κ3) is 5.04. The van der Waals surface area contributed by atoms with E-state index in [1.807, 2.05) is 31.2 Å². The van der Waals surface area contributed by atoms with Gasteiger partial charge in [-0.25, -0.2) is 4.98 Å². The minimum atomic E-state index is 0.124. The maximum absolute atomic E-state index is 12.1. The van der Waals surface area contributed by atoms with Crippen molar-refractivity contribution < 1.29 is 13.9 Å². The standard InChI is InChI=1S/C20H26N2O3S/c1-14-18(12-26-13-19(23)21-16-6-4-3-5-7-16)22-20(25-14)15-8-10-17(24-2)11-9-15/h8-11,16H,3-7,12-13H2,1-2H3,(H,21,23). The van der Waals surface area contributed by atoms with Gasteiger partial charge in [0.05, 0.1) is 18.6 Å². The van der Waals surface area contributed by atoms with Gasteiger partial charge in [-0.3, -0.25) is 4.79 Å². The van der Waals surface area contributed by atoms with Crippen molar-refractivity contribution in [3.63, 3.8) is 0 Å². The van der Waals surface area contributed by atoms with Crippen LogP contribution < -0.4 is 10.1 Å². The van der Waals surface area contributed by atoms with E-state index in [-0.39, 0.29) is 5.91 Å². The Morgan fingerprint density at radius 1 is 1.27 bits per heavy atom. The second-order valence-electron chi connectivity index (χ2n) is 6.65. The van der Waals surface area contributed by atoms with E-state index in [0.717, 1.165) is 35.6 Å². The maximum Gasteiger partial charge on any atom is 0.230 e. The number of aromatic nitrogens is 1. The molecular weight excluding hydrogens is 348 g/mol. The first-order chi connectivity index (χ1) is 12.7. The average Bonchev–Trinajstić information content (AvgIpc) is 3.03. The molecule has 1 aromatic carbocycles. The van der Waals surface area contributed by atoms with Crippen LogP contribution in [-0.4, -0.2) is 29.8 Å². The summed E-state index contributed by atoms with van der Waals surface area (Å²) in [5, 5.41) is 3.15. The summed E-state index contributed by atoms with van der Waals surface area (Å²) < 4.78 is 11.0. The number of amides is 1. The van der Waals surface area contributed by atoms with Crippen molar-refractivity contribution in [3.05, 3.63) is 35.7 Å². The van der Waals surface area contributed by atoms with Gasteiger partial charge >= 0.3 is 0 Å². The van der Waals surface area contributed by atoms with Gasteiger partial charge in [0.2, 0.25) is 11.8 Å². The molecule has 26 heavy (non-hydrogen) atoms. The summed E-state index contributed by atoms with van der Waals surface area (Å²) in [6.45, 7) is 1.91. The number of oxazole rings is 1. The summed E-state index contributed by atoms with van der Waals surface area (Å²) in [5.74, 6) is 3.46. The van der Waals surface area contributed by atoms with Crippen LogP contribution in [0.3, 0.4) is 0 Å². The van der Waals surface area contributed by atoms with Crippen LogP contribution in [0.5, 0.6) is 5.75 Å². The Labute approximate surface area is 158 Å². The molecule has 0 unspecified atom stereocenters. The molecule has 1 aliphatic carbocycles. The highest BCUT2D eigenvalue weighted by Gasteiger charge is 2.16. The fraction of sp³-hybridized carbons (Fsp3) is 0.500. The largest absolute Gasteiger partial charge is 0.497 e. The molecule has 0 aliphatic heterocycles. The number of carbonyl (C=O) groups is 1. The number of ether oxygens (including phenoxy) is 1. The van der Waals surface area contributed by atoms with Crippen molar-refractivity contribution >= 4 is 17.7 Å². The molecule has 5 nitrogen and oxygen atoms in total. The molecule has 6 heteroatoms. The topological polar surface area (TPSA) is 64.4 Å². The SMILES string of the molecule is COc1ccc(-c2nc(CSCC(=O)NC3CCCCC3)c(C)o2)cc1. The summed E-state index contributed by atoms with van der Waals surface area (Å²) in [6.07, 6.45) is 5.98. The van der Waals surface area contributed by atoms with Gasteiger partial charge in [-0.2, -0.15) is 0 Å². The van der Waals surface area contributed by atoms with Gasteiger partial charge in [0.1, 0.15) is 11.5 Å². The lowest BCUT2D eigenvalue weighted by Gasteiger charge is -2.22. The van der Waals surface area contributed by atoms with Crippen molar-refractivity contribution in [2.45, 2.75) is 50.8 Å². The Balaban J connectivity index is 1.50. The Morgan fingerprint density at radius 3 is 2.69 bits per heavy atom. The number of thioether (sulfide) groups is 1. The van der Waals surface area contributed by atoms with Gasteiger partial charge in [0, 0.05) is 17.4 Å². The van der Waals surface area contributed by atoms with Crippen LogP contribution in [0.1, 0.15) is 43.6 Å². The lowest BCUT2D eigenvalue weighted by Crippen LogP contribution is -2.37. The number of hydrogen-bond donors (Lipinski definition) is 1. The second kappa shape index (κ2) is 9.12. The number of nitrogens with zero attached hydrogens (tertiary/aromatic N) is 1. The molecule has 1 fully saturated rings. The Hall–Kier alpha value is -1.95. The molecule has 2 aromatic rings. The van der Waals surface area contributed by atoms with Crippen LogP contribution >= 0.6 is 11.8 Å². The van der Waals surface area contributed by atoms with Crippen LogP contribution in [-0.2, 0) is 10.5 Å². The smallest absolute Gasteiger partial charge is 0.230 e.